The first-order valence-electron chi connectivity index (χ1n) is 8.69. The van der Waals surface area contributed by atoms with Crippen LogP contribution in [0.5, 0.6) is 0 Å². The number of esters is 1. The molecule has 25 heavy (non-hydrogen) atoms. The number of hydrogen-bond donors (Lipinski definition) is 0. The van der Waals surface area contributed by atoms with Crippen LogP contribution in [0.4, 0.5) is 5.69 Å². The number of benzene rings is 1. The fourth-order valence-electron chi connectivity index (χ4n) is 2.93. The fourth-order valence-corrected chi connectivity index (χ4v) is 2.93. The standard InChI is InChI=1S/C19H26N2O4/c1-14(2)13-20(12-10-18(23)25-3)19(24)15-6-8-16(9-7-15)21-11-4-5-17(21)22/h6-9,14H,4-5,10-13H2,1-3H3. The minimum absolute atomic E-state index is 0.114. The molecule has 1 aliphatic rings. The first-order valence-corrected chi connectivity index (χ1v) is 8.69. The SMILES string of the molecule is COC(=O)CCN(CC(C)C)C(=O)c1ccc(N2CCCC2=O)cc1. The van der Waals surface area contributed by atoms with Gasteiger partial charge in [0.15, 0.2) is 0 Å². The van der Waals surface area contributed by atoms with Crippen LogP contribution in [0.3, 0.4) is 0 Å². The lowest BCUT2D eigenvalue weighted by Crippen LogP contribution is -2.36. The molecule has 1 aromatic carbocycles. The van der Waals surface area contributed by atoms with Crippen molar-refractivity contribution in [2.75, 3.05) is 31.6 Å². The van der Waals surface area contributed by atoms with E-state index in [1.165, 1.54) is 7.11 Å². The average Bonchev–Trinajstić information content (AvgIpc) is 3.03. The Morgan fingerprint density at radius 2 is 1.92 bits per heavy atom. The minimum Gasteiger partial charge on any atom is -0.469 e. The Hall–Kier alpha value is -2.37. The zero-order chi connectivity index (χ0) is 18.4. The molecular weight excluding hydrogens is 320 g/mol. The van der Waals surface area contributed by atoms with E-state index >= 15 is 0 Å². The number of rotatable bonds is 7. The Morgan fingerprint density at radius 3 is 2.44 bits per heavy atom. The minimum atomic E-state index is -0.329. The third kappa shape index (κ3) is 5.05. The van der Waals surface area contributed by atoms with Gasteiger partial charge in [-0.15, -0.1) is 0 Å². The fraction of sp³-hybridized carbons (Fsp3) is 0.526. The maximum absolute atomic E-state index is 12.8. The molecule has 0 atom stereocenters. The van der Waals surface area contributed by atoms with E-state index in [1.54, 1.807) is 21.9 Å². The first kappa shape index (κ1) is 19.0. The van der Waals surface area contributed by atoms with Gasteiger partial charge in [0.05, 0.1) is 13.5 Å². The lowest BCUT2D eigenvalue weighted by Gasteiger charge is -2.24. The summed E-state index contributed by atoms with van der Waals surface area (Å²) in [7, 11) is 1.34. The van der Waals surface area contributed by atoms with E-state index in [2.05, 4.69) is 4.74 Å². The third-order valence-electron chi connectivity index (χ3n) is 4.19. The van der Waals surface area contributed by atoms with Gasteiger partial charge in [0.25, 0.3) is 5.91 Å². The molecule has 0 unspecified atom stereocenters. The maximum atomic E-state index is 12.8. The van der Waals surface area contributed by atoms with Gasteiger partial charge in [0.2, 0.25) is 5.91 Å². The van der Waals surface area contributed by atoms with E-state index in [4.69, 9.17) is 0 Å². The van der Waals surface area contributed by atoms with Gasteiger partial charge in [-0.05, 0) is 36.6 Å². The van der Waals surface area contributed by atoms with Crippen LogP contribution in [-0.4, -0.2) is 49.4 Å². The van der Waals surface area contributed by atoms with Crippen molar-refractivity contribution in [3.8, 4) is 0 Å². The molecule has 2 amide bonds. The molecule has 6 nitrogen and oxygen atoms in total. The highest BCUT2D eigenvalue weighted by molar-refractivity contribution is 5.97. The van der Waals surface area contributed by atoms with Crippen molar-refractivity contribution in [3.63, 3.8) is 0 Å². The van der Waals surface area contributed by atoms with Crippen LogP contribution < -0.4 is 4.90 Å². The number of hydrogen-bond acceptors (Lipinski definition) is 4. The number of amides is 2. The van der Waals surface area contributed by atoms with Crippen LogP contribution in [0.2, 0.25) is 0 Å². The summed E-state index contributed by atoms with van der Waals surface area (Å²) >= 11 is 0. The van der Waals surface area contributed by atoms with E-state index in [-0.39, 0.29) is 24.2 Å². The zero-order valence-electron chi connectivity index (χ0n) is 15.2. The van der Waals surface area contributed by atoms with Crippen LogP contribution in [0.25, 0.3) is 0 Å². The summed E-state index contributed by atoms with van der Waals surface area (Å²) in [4.78, 5) is 39.4. The molecule has 0 aromatic heterocycles. The summed E-state index contributed by atoms with van der Waals surface area (Å²) in [6.45, 7) is 5.68. The van der Waals surface area contributed by atoms with Gasteiger partial charge in [0.1, 0.15) is 0 Å². The average molecular weight is 346 g/mol. The third-order valence-corrected chi connectivity index (χ3v) is 4.19. The van der Waals surface area contributed by atoms with Crippen molar-refractivity contribution in [2.45, 2.75) is 33.1 Å². The highest BCUT2D eigenvalue weighted by Gasteiger charge is 2.23. The molecule has 136 valence electrons. The smallest absolute Gasteiger partial charge is 0.307 e. The lowest BCUT2D eigenvalue weighted by molar-refractivity contribution is -0.140. The summed E-state index contributed by atoms with van der Waals surface area (Å²) in [6, 6.07) is 7.11. The normalized spacial score (nSPS) is 14.1. The molecule has 0 spiro atoms. The number of methoxy groups -OCH3 is 1. The van der Waals surface area contributed by atoms with Crippen molar-refractivity contribution < 1.29 is 19.1 Å². The molecule has 1 heterocycles. The molecule has 0 radical (unpaired) electrons. The van der Waals surface area contributed by atoms with E-state index in [0.29, 0.717) is 31.0 Å². The summed E-state index contributed by atoms with van der Waals surface area (Å²) < 4.78 is 4.66. The summed E-state index contributed by atoms with van der Waals surface area (Å²) in [5.41, 5.74) is 1.38. The Bertz CT molecular complexity index is 625. The van der Waals surface area contributed by atoms with E-state index < -0.39 is 0 Å². The van der Waals surface area contributed by atoms with Gasteiger partial charge < -0.3 is 14.5 Å². The first-order chi connectivity index (χ1) is 11.9. The Labute approximate surface area is 148 Å². The second kappa shape index (κ2) is 8.65. The highest BCUT2D eigenvalue weighted by atomic mass is 16.5. The molecule has 0 aliphatic carbocycles. The molecule has 0 bridgehead atoms. The van der Waals surface area contributed by atoms with Gasteiger partial charge >= 0.3 is 5.97 Å². The van der Waals surface area contributed by atoms with Crippen LogP contribution in [0, 0.1) is 5.92 Å². The predicted octanol–water partition coefficient (Wildman–Crippen LogP) is 2.47. The van der Waals surface area contributed by atoms with Crippen molar-refractivity contribution in [2.24, 2.45) is 5.92 Å². The van der Waals surface area contributed by atoms with Crippen LogP contribution >= 0.6 is 0 Å². The quantitative estimate of drug-likeness (QED) is 0.712. The van der Waals surface area contributed by atoms with Crippen molar-refractivity contribution in [3.05, 3.63) is 29.8 Å². The maximum Gasteiger partial charge on any atom is 0.307 e. The predicted molar refractivity (Wildman–Crippen MR) is 95.4 cm³/mol. The molecule has 6 heteroatoms. The number of carbonyl (C=O) groups excluding carboxylic acids is 3. The highest BCUT2D eigenvalue weighted by Crippen LogP contribution is 2.22. The number of anilines is 1. The summed E-state index contributed by atoms with van der Waals surface area (Å²) in [5, 5.41) is 0. The largest absolute Gasteiger partial charge is 0.469 e. The number of ether oxygens (including phenoxy) is 1. The Balaban J connectivity index is 2.09. The van der Waals surface area contributed by atoms with Crippen molar-refractivity contribution in [1.82, 2.24) is 4.90 Å². The Kier molecular flexibility index (Phi) is 6.56. The van der Waals surface area contributed by atoms with Crippen LogP contribution in [0.1, 0.15) is 43.5 Å². The van der Waals surface area contributed by atoms with Gasteiger partial charge in [-0.25, -0.2) is 0 Å². The molecular formula is C19H26N2O4. The molecule has 1 aliphatic heterocycles. The second-order valence-electron chi connectivity index (χ2n) is 6.67. The van der Waals surface area contributed by atoms with Gasteiger partial charge in [-0.3, -0.25) is 14.4 Å². The van der Waals surface area contributed by atoms with Crippen molar-refractivity contribution in [1.29, 1.82) is 0 Å². The molecule has 1 saturated heterocycles. The van der Waals surface area contributed by atoms with E-state index in [1.807, 2.05) is 26.0 Å². The second-order valence-corrected chi connectivity index (χ2v) is 6.67. The number of carbonyl (C=O) groups is 3. The topological polar surface area (TPSA) is 66.9 Å². The van der Waals surface area contributed by atoms with Crippen LogP contribution in [-0.2, 0) is 14.3 Å². The zero-order valence-corrected chi connectivity index (χ0v) is 15.2. The monoisotopic (exact) mass is 346 g/mol. The van der Waals surface area contributed by atoms with E-state index in [9.17, 15) is 14.4 Å². The van der Waals surface area contributed by atoms with Gasteiger partial charge in [-0.2, -0.15) is 0 Å². The number of nitrogens with zero attached hydrogens (tertiary/aromatic N) is 2. The molecule has 1 fully saturated rings. The molecule has 0 saturated carbocycles. The summed E-state index contributed by atoms with van der Waals surface area (Å²) in [5.74, 6) is -0.0250. The lowest BCUT2D eigenvalue weighted by atomic mass is 10.1. The molecule has 1 aromatic rings. The molecule has 0 N–H and O–H groups in total. The van der Waals surface area contributed by atoms with Gasteiger partial charge in [0, 0.05) is 37.3 Å². The molecule has 2 rings (SSSR count). The van der Waals surface area contributed by atoms with Gasteiger partial charge in [-0.1, -0.05) is 13.8 Å². The van der Waals surface area contributed by atoms with Crippen LogP contribution in [0.15, 0.2) is 24.3 Å². The van der Waals surface area contributed by atoms with E-state index in [0.717, 1.165) is 18.7 Å². The Morgan fingerprint density at radius 1 is 1.24 bits per heavy atom. The van der Waals surface area contributed by atoms with Crippen molar-refractivity contribution >= 4 is 23.5 Å². The summed E-state index contributed by atoms with van der Waals surface area (Å²) in [6.07, 6.45) is 1.63.